The van der Waals surface area contributed by atoms with E-state index in [2.05, 4.69) is 39.8 Å². The summed E-state index contributed by atoms with van der Waals surface area (Å²) in [6, 6.07) is 13.7. The van der Waals surface area contributed by atoms with Gasteiger partial charge in [-0.25, -0.2) is 35.5 Å². The summed E-state index contributed by atoms with van der Waals surface area (Å²) < 4.78 is 177. The summed E-state index contributed by atoms with van der Waals surface area (Å²) in [5.74, 6) is -27.5. The molecule has 28 heteroatoms. The highest BCUT2D eigenvalue weighted by molar-refractivity contribution is 8.05. The predicted octanol–water partition coefficient (Wildman–Crippen LogP) is 12.7. The molecule has 0 radical (unpaired) electrons. The van der Waals surface area contributed by atoms with E-state index in [1.54, 1.807) is 57.2 Å². The third kappa shape index (κ3) is 24.1. The smallest absolute Gasteiger partial charge is 0.503 e. The average Bonchev–Trinajstić information content (AvgIpc) is 3.28. The molecule has 4 rings (SSSR count). The van der Waals surface area contributed by atoms with Crippen LogP contribution in [0.2, 0.25) is 0 Å². The second-order valence-electron chi connectivity index (χ2n) is 13.9. The molecule has 0 heterocycles. The van der Waals surface area contributed by atoms with Crippen LogP contribution in [0.15, 0.2) is 60.7 Å². The molecule has 396 valence electrons. The molecule has 0 aliphatic heterocycles. The summed E-state index contributed by atoms with van der Waals surface area (Å²) in [5, 5.41) is 10.4. The third-order valence-electron chi connectivity index (χ3n) is 7.61. The fraction of sp³-hybridized carbons (Fsp3) is 0.381. The molecule has 4 N–H and O–H groups in total. The Morgan fingerprint density at radius 2 is 0.914 bits per heavy atom. The number of aromatic hydroxyl groups is 1. The van der Waals surface area contributed by atoms with Crippen LogP contribution >= 0.6 is 48.7 Å². The summed E-state index contributed by atoms with van der Waals surface area (Å²) in [4.78, 5) is 25.0. The van der Waals surface area contributed by atoms with Crippen molar-refractivity contribution >= 4 is 60.6 Å². The summed E-state index contributed by atoms with van der Waals surface area (Å²) in [6.07, 6.45) is -4.06. The minimum Gasteiger partial charge on any atom is -0.503 e. The van der Waals surface area contributed by atoms with E-state index in [1.807, 2.05) is 0 Å². The molecule has 0 amide bonds. The number of phenols is 1. The Labute approximate surface area is 413 Å². The number of carbonyl (C=O) groups is 2. The number of nitrogens with zero attached hydrogens (tertiary/aromatic N) is 1. The van der Waals surface area contributed by atoms with Crippen LogP contribution in [0.4, 0.5) is 43.9 Å². The Morgan fingerprint density at radius 3 is 1.21 bits per heavy atom. The number of hydrogen-bond donors (Lipinski definition) is 3. The second kappa shape index (κ2) is 32.5. The first-order valence-electron chi connectivity index (χ1n) is 20.0. The van der Waals surface area contributed by atoms with Crippen molar-refractivity contribution in [2.24, 2.45) is 5.73 Å². The van der Waals surface area contributed by atoms with Crippen LogP contribution in [-0.4, -0.2) is 65.9 Å². The maximum absolute atomic E-state index is 14.0. The van der Waals surface area contributed by atoms with E-state index in [4.69, 9.17) is 47.3 Å². The normalized spacial score (nSPS) is 12.4. The molecule has 13 nitrogen and oxygen atoms in total. The zero-order valence-electron chi connectivity index (χ0n) is 38.7. The zero-order chi connectivity index (χ0) is 53.6. The van der Waals surface area contributed by atoms with Crippen molar-refractivity contribution in [3.8, 4) is 23.0 Å². The van der Waals surface area contributed by atoms with Gasteiger partial charge in [0.2, 0.25) is 63.9 Å². The van der Waals surface area contributed by atoms with Crippen LogP contribution < -0.4 is 24.4 Å². The molecule has 0 aliphatic carbocycles. The van der Waals surface area contributed by atoms with Crippen LogP contribution in [0.5, 0.6) is 23.0 Å². The van der Waals surface area contributed by atoms with Crippen LogP contribution in [-0.2, 0) is 28.2 Å². The number of esters is 2. The molecule has 4 aromatic rings. The minimum absolute atomic E-state index is 0. The number of para-hydroxylation sites is 2. The standard InChI is InChI=1S/C18H17F5NO5P.C6H5Cl2O2P.C6HF5O.C6H13NO2.C6H15N.ClH/c1-9(2)27-18(25)10(3)24-30(26,28-11-7-5-4-6-8-11)29-17-15(22)13(20)12(19)14(21)16(17)23;7-11(8,9)10-6-4-2-1-3-5-6;7-1-2(8)4(10)6(12)5(11)3(1)9;1-4(2)9-6(8)5(3)7;1-4-7(5-2)6-3;/h4-10H,1-3H3,(H,24,26);1-5H;12H;4-5H,7H2,1-3H3;4-6H2,1-3H3;1H/t10-,30-;;;5-;;/m0..0../s1. The Morgan fingerprint density at radius 1 is 0.586 bits per heavy atom. The number of nitrogens with one attached hydrogen (secondary N) is 1. The molecular formula is C42H52Cl3F10N3O10P2. The maximum Gasteiger partial charge on any atom is 0.513 e. The fourth-order valence-electron chi connectivity index (χ4n) is 4.31. The molecule has 0 aromatic heterocycles. The van der Waals surface area contributed by atoms with Crippen LogP contribution in [0.1, 0.15) is 62.3 Å². The highest BCUT2D eigenvalue weighted by Crippen LogP contribution is 2.57. The molecule has 0 unspecified atom stereocenters. The first kappa shape index (κ1) is 67.6. The van der Waals surface area contributed by atoms with Gasteiger partial charge in [0.25, 0.3) is 0 Å². The third-order valence-corrected chi connectivity index (χ3v) is 10.0. The average molecular weight is 1120 g/mol. The molecule has 0 aliphatic rings. The van der Waals surface area contributed by atoms with Gasteiger partial charge >= 0.3 is 25.8 Å². The molecule has 0 bridgehead atoms. The molecule has 0 saturated heterocycles. The van der Waals surface area contributed by atoms with Gasteiger partial charge in [-0.2, -0.15) is 22.6 Å². The molecule has 3 atom stereocenters. The van der Waals surface area contributed by atoms with Crippen molar-refractivity contribution < 1.29 is 90.8 Å². The number of nitrogens with two attached hydrogens (primary N) is 1. The number of halogens is 13. The van der Waals surface area contributed by atoms with Crippen LogP contribution in [0, 0.1) is 58.2 Å². The first-order valence-corrected chi connectivity index (χ1v) is 25.0. The number of benzene rings is 4. The number of hydrogen-bond acceptors (Lipinski definition) is 12. The van der Waals surface area contributed by atoms with Gasteiger partial charge in [-0.15, -0.1) is 12.4 Å². The number of carbonyl (C=O) groups excluding carboxylic acids is 2. The van der Waals surface area contributed by atoms with Gasteiger partial charge in [0, 0.05) is 22.5 Å². The van der Waals surface area contributed by atoms with Gasteiger partial charge in [0.05, 0.1) is 12.2 Å². The van der Waals surface area contributed by atoms with Crippen molar-refractivity contribution in [1.29, 1.82) is 0 Å². The van der Waals surface area contributed by atoms with E-state index in [9.17, 15) is 62.6 Å². The first-order chi connectivity index (χ1) is 31.9. The summed E-state index contributed by atoms with van der Waals surface area (Å²) in [6.45, 7) is 19.6. The maximum atomic E-state index is 14.0. The van der Waals surface area contributed by atoms with Gasteiger partial charge < -0.3 is 38.8 Å². The SMILES string of the molecule is CC(C)OC(=O)[C@H](C)N.CC(C)OC(=O)[C@H](C)N[P@](=O)(Oc1ccccc1)Oc1c(F)c(F)c(F)c(F)c1F.CCN(CC)CC.Cl.O=P(Cl)(Cl)Oc1ccccc1.Oc1c(F)c(F)c(F)c(F)c1F. The predicted molar refractivity (Wildman–Crippen MR) is 245 cm³/mol. The number of phenolic OH excluding ortho intramolecular Hbond substituents is 1. The Bertz CT molecular complexity index is 2210. The Kier molecular flexibility index (Phi) is 31.4. The van der Waals surface area contributed by atoms with Gasteiger partial charge in [0.1, 0.15) is 23.6 Å². The summed E-state index contributed by atoms with van der Waals surface area (Å²) in [5.41, 5.74) is 5.21. The topological polar surface area (TPSA) is 176 Å². The Hall–Kier alpha value is -4.47. The second-order valence-corrected chi connectivity index (χ2v) is 19.7. The number of rotatable bonds is 15. The van der Waals surface area contributed by atoms with E-state index in [0.717, 1.165) is 0 Å². The van der Waals surface area contributed by atoms with Gasteiger partial charge in [-0.3, -0.25) is 9.59 Å². The molecule has 0 saturated carbocycles. The van der Waals surface area contributed by atoms with E-state index in [-0.39, 0.29) is 30.2 Å². The monoisotopic (exact) mass is 1120 g/mol. The van der Waals surface area contributed by atoms with Crippen molar-refractivity contribution in [2.45, 2.75) is 86.6 Å². The van der Waals surface area contributed by atoms with Crippen molar-refractivity contribution in [3.63, 3.8) is 0 Å². The lowest BCUT2D eigenvalue weighted by Crippen LogP contribution is -2.37. The van der Waals surface area contributed by atoms with Gasteiger partial charge in [0.15, 0.2) is 5.75 Å². The molecule has 0 fully saturated rings. The molecule has 4 aromatic carbocycles. The summed E-state index contributed by atoms with van der Waals surface area (Å²) in [7, 11) is -4.91. The van der Waals surface area contributed by atoms with Crippen LogP contribution in [0.3, 0.4) is 0 Å². The number of ether oxygens (including phenoxy) is 2. The minimum atomic E-state index is -4.91. The lowest BCUT2D eigenvalue weighted by Gasteiger charge is -2.24. The van der Waals surface area contributed by atoms with E-state index < -0.39 is 108 Å². The molecule has 0 spiro atoms. The largest absolute Gasteiger partial charge is 0.513 e. The molecule has 70 heavy (non-hydrogen) atoms. The zero-order valence-corrected chi connectivity index (χ0v) is 42.8. The Balaban J connectivity index is 0. The highest BCUT2D eigenvalue weighted by Gasteiger charge is 2.38. The highest BCUT2D eigenvalue weighted by atomic mass is 35.9. The fourth-order valence-corrected chi connectivity index (χ4v) is 6.68. The van der Waals surface area contributed by atoms with Crippen molar-refractivity contribution in [2.75, 3.05) is 19.6 Å². The molecular weight excluding hydrogens is 1060 g/mol. The van der Waals surface area contributed by atoms with E-state index in [1.165, 1.54) is 64.7 Å². The van der Waals surface area contributed by atoms with Gasteiger partial charge in [-0.1, -0.05) is 57.2 Å². The van der Waals surface area contributed by atoms with Crippen LogP contribution in [0.25, 0.3) is 0 Å². The van der Waals surface area contributed by atoms with Gasteiger partial charge in [-0.05, 0) is 85.4 Å². The van der Waals surface area contributed by atoms with E-state index >= 15 is 0 Å². The van der Waals surface area contributed by atoms with Crippen molar-refractivity contribution in [1.82, 2.24) is 9.99 Å². The summed E-state index contributed by atoms with van der Waals surface area (Å²) >= 11 is 10.3. The van der Waals surface area contributed by atoms with Crippen molar-refractivity contribution in [3.05, 3.63) is 119 Å². The lowest BCUT2D eigenvalue weighted by atomic mass is 10.3. The quantitative estimate of drug-likeness (QED) is 0.0337. The van der Waals surface area contributed by atoms with E-state index in [0.29, 0.717) is 5.75 Å². The lowest BCUT2D eigenvalue weighted by molar-refractivity contribution is -0.149.